The van der Waals surface area contributed by atoms with E-state index in [-0.39, 0.29) is 0 Å². The molecule has 14 heavy (non-hydrogen) atoms. The van der Waals surface area contributed by atoms with Gasteiger partial charge in [0.2, 0.25) is 0 Å². The second-order valence-electron chi connectivity index (χ2n) is 3.94. The number of halogens is 1. The van der Waals surface area contributed by atoms with Crippen molar-refractivity contribution in [3.05, 3.63) is 23.1 Å². The first-order valence-corrected chi connectivity index (χ1v) is 5.65. The van der Waals surface area contributed by atoms with E-state index >= 15 is 0 Å². The molecule has 1 fully saturated rings. The Morgan fingerprint density at radius 1 is 1.64 bits per heavy atom. The molecule has 0 aliphatic heterocycles. The molecule has 2 nitrogen and oxygen atoms in total. The molecule has 1 aromatic heterocycles. The Morgan fingerprint density at radius 2 is 2.43 bits per heavy atom. The molecule has 0 saturated heterocycles. The average Bonchev–Trinajstić information content (AvgIpc) is 2.87. The van der Waals surface area contributed by atoms with Crippen LogP contribution in [-0.4, -0.2) is 6.54 Å². The molecule has 1 saturated carbocycles. The summed E-state index contributed by atoms with van der Waals surface area (Å²) >= 11 is 5.97. The summed E-state index contributed by atoms with van der Waals surface area (Å²) in [4.78, 5) is 0. The van der Waals surface area contributed by atoms with Crippen molar-refractivity contribution in [2.24, 2.45) is 5.92 Å². The van der Waals surface area contributed by atoms with Crippen LogP contribution in [0.5, 0.6) is 0 Å². The van der Waals surface area contributed by atoms with Gasteiger partial charge in [0, 0.05) is 11.6 Å². The van der Waals surface area contributed by atoms with E-state index in [0.29, 0.717) is 11.3 Å². The molecule has 78 valence electrons. The normalized spacial score (nSPS) is 18.4. The molecule has 1 heterocycles. The summed E-state index contributed by atoms with van der Waals surface area (Å²) in [6, 6.07) is 2.34. The summed E-state index contributed by atoms with van der Waals surface area (Å²) in [5.41, 5.74) is 1.11. The molecule has 1 aromatic rings. The highest BCUT2D eigenvalue weighted by Crippen LogP contribution is 2.39. The van der Waals surface area contributed by atoms with Crippen LogP contribution in [0.4, 0.5) is 0 Å². The lowest BCUT2D eigenvalue weighted by molar-refractivity contribution is 0.478. The van der Waals surface area contributed by atoms with Crippen molar-refractivity contribution < 1.29 is 4.42 Å². The monoisotopic (exact) mass is 213 g/mol. The Bertz CT molecular complexity index is 293. The second-order valence-corrected chi connectivity index (χ2v) is 4.28. The van der Waals surface area contributed by atoms with Gasteiger partial charge in [0.05, 0.1) is 6.26 Å². The Hall–Kier alpha value is -0.470. The zero-order valence-corrected chi connectivity index (χ0v) is 9.18. The van der Waals surface area contributed by atoms with Crippen molar-refractivity contribution in [1.82, 2.24) is 5.32 Å². The molecule has 1 unspecified atom stereocenters. The summed E-state index contributed by atoms with van der Waals surface area (Å²) < 4.78 is 5.12. The van der Waals surface area contributed by atoms with Crippen molar-refractivity contribution in [1.29, 1.82) is 0 Å². The lowest BCUT2D eigenvalue weighted by Gasteiger charge is -2.16. The van der Waals surface area contributed by atoms with Gasteiger partial charge in [0.1, 0.15) is 0 Å². The van der Waals surface area contributed by atoms with Crippen LogP contribution in [0.2, 0.25) is 5.22 Å². The van der Waals surface area contributed by atoms with E-state index in [1.807, 2.05) is 6.07 Å². The minimum atomic E-state index is 0.374. The van der Waals surface area contributed by atoms with E-state index < -0.39 is 0 Å². The fraction of sp³-hybridized carbons (Fsp3) is 0.636. The van der Waals surface area contributed by atoms with Crippen LogP contribution < -0.4 is 5.32 Å². The van der Waals surface area contributed by atoms with Gasteiger partial charge < -0.3 is 9.73 Å². The zero-order chi connectivity index (χ0) is 9.97. The van der Waals surface area contributed by atoms with Crippen LogP contribution >= 0.6 is 11.6 Å². The van der Waals surface area contributed by atoms with Gasteiger partial charge in [0.25, 0.3) is 0 Å². The third-order valence-corrected chi connectivity index (χ3v) is 3.05. The van der Waals surface area contributed by atoms with Crippen LogP contribution in [0.3, 0.4) is 0 Å². The SMILES string of the molecule is CCNC(CC1CC1)c1ccoc1Cl. The number of furan rings is 1. The fourth-order valence-corrected chi connectivity index (χ4v) is 2.05. The van der Waals surface area contributed by atoms with E-state index in [2.05, 4.69) is 12.2 Å². The van der Waals surface area contributed by atoms with Crippen LogP contribution in [0.25, 0.3) is 0 Å². The molecule has 3 heteroatoms. The maximum absolute atomic E-state index is 5.97. The summed E-state index contributed by atoms with van der Waals surface area (Å²) in [7, 11) is 0. The summed E-state index contributed by atoms with van der Waals surface area (Å²) in [6.45, 7) is 3.09. The number of nitrogens with one attached hydrogen (secondary N) is 1. The van der Waals surface area contributed by atoms with Gasteiger partial charge >= 0.3 is 0 Å². The van der Waals surface area contributed by atoms with Gasteiger partial charge in [-0.2, -0.15) is 0 Å². The molecule has 0 aromatic carbocycles. The number of hydrogen-bond acceptors (Lipinski definition) is 2. The third-order valence-electron chi connectivity index (χ3n) is 2.74. The molecule has 1 aliphatic rings. The van der Waals surface area contributed by atoms with Crippen molar-refractivity contribution in [2.45, 2.75) is 32.2 Å². The zero-order valence-electron chi connectivity index (χ0n) is 8.42. The summed E-state index contributed by atoms with van der Waals surface area (Å²) in [5, 5.41) is 3.99. The Balaban J connectivity index is 2.04. The van der Waals surface area contributed by atoms with E-state index in [1.54, 1.807) is 6.26 Å². The van der Waals surface area contributed by atoms with E-state index in [0.717, 1.165) is 18.0 Å². The van der Waals surface area contributed by atoms with Crippen molar-refractivity contribution >= 4 is 11.6 Å². The highest BCUT2D eigenvalue weighted by Gasteiger charge is 2.27. The van der Waals surface area contributed by atoms with Crippen molar-refractivity contribution in [3.63, 3.8) is 0 Å². The minimum absolute atomic E-state index is 0.374. The van der Waals surface area contributed by atoms with Crippen LogP contribution in [0, 0.1) is 5.92 Å². The highest BCUT2D eigenvalue weighted by molar-refractivity contribution is 6.29. The van der Waals surface area contributed by atoms with Crippen molar-refractivity contribution in [2.75, 3.05) is 6.54 Å². The van der Waals surface area contributed by atoms with Gasteiger partial charge in [-0.1, -0.05) is 19.8 Å². The molecule has 0 bridgehead atoms. The first kappa shape index (κ1) is 10.1. The highest BCUT2D eigenvalue weighted by atomic mass is 35.5. The smallest absolute Gasteiger partial charge is 0.197 e. The van der Waals surface area contributed by atoms with Gasteiger partial charge in [-0.25, -0.2) is 0 Å². The lowest BCUT2D eigenvalue weighted by atomic mass is 10.0. The molecule has 0 radical (unpaired) electrons. The molecule has 0 amide bonds. The molecule has 1 aliphatic carbocycles. The second kappa shape index (κ2) is 4.37. The third kappa shape index (κ3) is 2.31. The summed E-state index contributed by atoms with van der Waals surface area (Å²) in [6.07, 6.45) is 5.59. The maximum Gasteiger partial charge on any atom is 0.197 e. The van der Waals surface area contributed by atoms with Gasteiger partial charge in [0.15, 0.2) is 5.22 Å². The van der Waals surface area contributed by atoms with E-state index in [4.69, 9.17) is 16.0 Å². The first-order valence-electron chi connectivity index (χ1n) is 5.27. The molecule has 1 atom stereocenters. The first-order chi connectivity index (χ1) is 6.81. The van der Waals surface area contributed by atoms with Crippen LogP contribution in [0.1, 0.15) is 37.8 Å². The Kier molecular flexibility index (Phi) is 3.14. The predicted octanol–water partition coefficient (Wildman–Crippen LogP) is 3.38. The molecule has 2 rings (SSSR count). The minimum Gasteiger partial charge on any atom is -0.453 e. The van der Waals surface area contributed by atoms with Crippen molar-refractivity contribution in [3.8, 4) is 0 Å². The molecular formula is C11H16ClNO. The molecule has 1 N–H and O–H groups in total. The number of rotatable bonds is 5. The Morgan fingerprint density at radius 3 is 2.93 bits per heavy atom. The summed E-state index contributed by atoms with van der Waals surface area (Å²) in [5.74, 6) is 0.894. The average molecular weight is 214 g/mol. The predicted molar refractivity (Wildman–Crippen MR) is 57.5 cm³/mol. The standard InChI is InChI=1S/C11H16ClNO/c1-2-13-10(7-8-3-4-8)9-5-6-14-11(9)12/h5-6,8,10,13H,2-4,7H2,1H3. The van der Waals surface area contributed by atoms with Gasteiger partial charge in [-0.15, -0.1) is 0 Å². The Labute approximate surface area is 89.6 Å². The maximum atomic E-state index is 5.97. The quantitative estimate of drug-likeness (QED) is 0.811. The van der Waals surface area contributed by atoms with Crippen LogP contribution in [0.15, 0.2) is 16.7 Å². The van der Waals surface area contributed by atoms with Gasteiger partial charge in [-0.05, 0) is 36.6 Å². The molecular weight excluding hydrogens is 198 g/mol. The molecule has 0 spiro atoms. The lowest BCUT2D eigenvalue weighted by Crippen LogP contribution is -2.21. The number of hydrogen-bond donors (Lipinski definition) is 1. The van der Waals surface area contributed by atoms with E-state index in [1.165, 1.54) is 19.3 Å². The topological polar surface area (TPSA) is 25.2 Å². The van der Waals surface area contributed by atoms with E-state index in [9.17, 15) is 0 Å². The largest absolute Gasteiger partial charge is 0.453 e. The van der Waals surface area contributed by atoms with Gasteiger partial charge in [-0.3, -0.25) is 0 Å². The fourth-order valence-electron chi connectivity index (χ4n) is 1.81. The van der Waals surface area contributed by atoms with Crippen LogP contribution in [-0.2, 0) is 0 Å².